The van der Waals surface area contributed by atoms with Crippen LogP contribution < -0.4 is 19.6 Å². The first-order chi connectivity index (χ1) is 12.5. The zero-order valence-electron chi connectivity index (χ0n) is 14.2. The fraction of sp³-hybridized carbons (Fsp3) is 0.222. The van der Waals surface area contributed by atoms with Crippen LogP contribution in [0, 0.1) is 0 Å². The molecule has 0 heterocycles. The molecule has 0 aliphatic heterocycles. The van der Waals surface area contributed by atoms with E-state index in [0.717, 1.165) is 0 Å². The third-order valence-electron chi connectivity index (χ3n) is 3.25. The molecule has 0 bridgehead atoms. The first-order valence-corrected chi connectivity index (χ1v) is 7.63. The lowest BCUT2D eigenvalue weighted by molar-refractivity contribution is -0.123. The quantitative estimate of drug-likeness (QED) is 0.577. The van der Waals surface area contributed by atoms with E-state index < -0.39 is 12.5 Å². The van der Waals surface area contributed by atoms with Crippen molar-refractivity contribution >= 4 is 11.6 Å². The number of alkyl halides is 2. The molecule has 0 radical (unpaired) electrons. The predicted octanol–water partition coefficient (Wildman–Crippen LogP) is 3.22. The van der Waals surface area contributed by atoms with E-state index in [9.17, 15) is 13.6 Å². The van der Waals surface area contributed by atoms with E-state index in [-0.39, 0.29) is 12.4 Å². The minimum atomic E-state index is -2.91. The van der Waals surface area contributed by atoms with E-state index in [1.807, 2.05) is 0 Å². The summed E-state index contributed by atoms with van der Waals surface area (Å²) in [5.41, 5.74) is 3.32. The number of amides is 1. The van der Waals surface area contributed by atoms with Gasteiger partial charge >= 0.3 is 6.61 Å². The molecule has 0 aliphatic rings. The van der Waals surface area contributed by atoms with Crippen LogP contribution in [-0.2, 0) is 4.79 Å². The molecule has 2 aromatic carbocycles. The number of nitrogens with one attached hydrogen (secondary N) is 1. The van der Waals surface area contributed by atoms with Crippen LogP contribution in [-0.4, -0.2) is 31.9 Å². The molecule has 0 saturated carbocycles. The second kappa shape index (κ2) is 9.36. The highest BCUT2D eigenvalue weighted by Gasteiger charge is 2.07. The number of carbonyl (C=O) groups excluding carboxylic acids is 1. The summed E-state index contributed by atoms with van der Waals surface area (Å²) in [4.78, 5) is 11.8. The molecule has 8 heteroatoms. The number of carbonyl (C=O) groups is 1. The average Bonchev–Trinajstić information content (AvgIpc) is 2.64. The maximum absolute atomic E-state index is 12.2. The zero-order valence-corrected chi connectivity index (χ0v) is 14.2. The second-order valence-corrected chi connectivity index (χ2v) is 5.10. The van der Waals surface area contributed by atoms with Gasteiger partial charge in [0, 0.05) is 5.56 Å². The number of rotatable bonds is 8. The van der Waals surface area contributed by atoms with Crippen LogP contribution in [0.15, 0.2) is 53.6 Å². The van der Waals surface area contributed by atoms with Crippen molar-refractivity contribution in [2.24, 2.45) is 5.10 Å². The normalized spacial score (nSPS) is 11.2. The van der Waals surface area contributed by atoms with Crippen molar-refractivity contribution in [2.45, 2.75) is 13.5 Å². The highest BCUT2D eigenvalue weighted by molar-refractivity contribution is 5.99. The lowest BCUT2D eigenvalue weighted by Gasteiger charge is -2.08. The smallest absolute Gasteiger partial charge is 0.387 e. The number of hydrazone groups is 1. The van der Waals surface area contributed by atoms with Gasteiger partial charge < -0.3 is 14.2 Å². The van der Waals surface area contributed by atoms with Crippen molar-refractivity contribution in [3.63, 3.8) is 0 Å². The molecular formula is C18H18F2N2O4. The van der Waals surface area contributed by atoms with Gasteiger partial charge in [-0.1, -0.05) is 12.1 Å². The Morgan fingerprint density at radius 2 is 1.81 bits per heavy atom. The molecule has 2 rings (SSSR count). The topological polar surface area (TPSA) is 69.2 Å². The number of hydrogen-bond donors (Lipinski definition) is 1. The molecule has 0 atom stereocenters. The largest absolute Gasteiger partial charge is 0.497 e. The van der Waals surface area contributed by atoms with Gasteiger partial charge in [-0.15, -0.1) is 0 Å². The molecular weight excluding hydrogens is 346 g/mol. The number of methoxy groups -OCH3 is 1. The van der Waals surface area contributed by atoms with E-state index in [1.165, 1.54) is 12.1 Å². The van der Waals surface area contributed by atoms with Crippen LogP contribution in [0.3, 0.4) is 0 Å². The van der Waals surface area contributed by atoms with Crippen molar-refractivity contribution in [2.75, 3.05) is 13.7 Å². The van der Waals surface area contributed by atoms with Crippen molar-refractivity contribution in [3.05, 3.63) is 54.1 Å². The molecule has 0 aromatic heterocycles. The predicted molar refractivity (Wildman–Crippen MR) is 91.9 cm³/mol. The molecule has 0 fully saturated rings. The maximum Gasteiger partial charge on any atom is 0.387 e. The lowest BCUT2D eigenvalue weighted by atomic mass is 10.1. The molecule has 0 unspecified atom stereocenters. The third kappa shape index (κ3) is 6.04. The zero-order chi connectivity index (χ0) is 18.9. The summed E-state index contributed by atoms with van der Waals surface area (Å²) in [6, 6.07) is 12.8. The standard InChI is InChI=1S/C18H18F2N2O4/c1-12(13-4-3-5-16(10-13)26-18(19)20)21-22-17(23)11-25-15-8-6-14(24-2)7-9-15/h3-10,18H,11H2,1-2H3,(H,22,23)/b21-12-. The molecule has 26 heavy (non-hydrogen) atoms. The van der Waals surface area contributed by atoms with Gasteiger partial charge in [0.15, 0.2) is 6.61 Å². The SMILES string of the molecule is COc1ccc(OCC(=O)N/N=C(/C)c2cccc(OC(F)F)c2)cc1. The highest BCUT2D eigenvalue weighted by atomic mass is 19.3. The van der Waals surface area contributed by atoms with Gasteiger partial charge in [-0.3, -0.25) is 4.79 Å². The Morgan fingerprint density at radius 3 is 2.46 bits per heavy atom. The third-order valence-corrected chi connectivity index (χ3v) is 3.25. The Morgan fingerprint density at radius 1 is 1.12 bits per heavy atom. The minimum absolute atomic E-state index is 0.0150. The van der Waals surface area contributed by atoms with Gasteiger partial charge in [-0.05, 0) is 43.3 Å². The first kappa shape index (κ1) is 19.2. The average molecular weight is 364 g/mol. The summed E-state index contributed by atoms with van der Waals surface area (Å²) in [6.07, 6.45) is 0. The van der Waals surface area contributed by atoms with Gasteiger partial charge in [-0.2, -0.15) is 13.9 Å². The summed E-state index contributed by atoms with van der Waals surface area (Å²) in [5.74, 6) is 0.750. The molecule has 1 N–H and O–H groups in total. The van der Waals surface area contributed by atoms with Gasteiger partial charge in [0.1, 0.15) is 17.2 Å². The molecule has 2 aromatic rings. The monoisotopic (exact) mass is 364 g/mol. The lowest BCUT2D eigenvalue weighted by Crippen LogP contribution is -2.25. The molecule has 0 spiro atoms. The number of ether oxygens (including phenoxy) is 3. The van der Waals surface area contributed by atoms with E-state index in [1.54, 1.807) is 50.4 Å². The fourth-order valence-electron chi connectivity index (χ4n) is 1.96. The summed E-state index contributed by atoms with van der Waals surface area (Å²) in [5, 5.41) is 3.93. The fourth-order valence-corrected chi connectivity index (χ4v) is 1.96. The molecule has 1 amide bonds. The Kier molecular flexibility index (Phi) is 6.90. The first-order valence-electron chi connectivity index (χ1n) is 7.63. The van der Waals surface area contributed by atoms with Crippen LogP contribution in [0.5, 0.6) is 17.2 Å². The Bertz CT molecular complexity index is 764. The van der Waals surface area contributed by atoms with Gasteiger partial charge in [0.05, 0.1) is 12.8 Å². The molecule has 138 valence electrons. The van der Waals surface area contributed by atoms with Gasteiger partial charge in [0.25, 0.3) is 5.91 Å². The Hall–Kier alpha value is -3.16. The Balaban J connectivity index is 1.88. The van der Waals surface area contributed by atoms with E-state index in [4.69, 9.17) is 9.47 Å². The minimum Gasteiger partial charge on any atom is -0.497 e. The molecule has 0 saturated heterocycles. The summed E-state index contributed by atoms with van der Waals surface area (Å²) < 4.78 is 39.2. The highest BCUT2D eigenvalue weighted by Crippen LogP contribution is 2.17. The molecule has 0 aliphatic carbocycles. The maximum atomic E-state index is 12.2. The Labute approximate surface area is 149 Å². The van der Waals surface area contributed by atoms with E-state index in [0.29, 0.717) is 22.8 Å². The van der Waals surface area contributed by atoms with E-state index in [2.05, 4.69) is 15.3 Å². The molecule has 6 nitrogen and oxygen atoms in total. The number of nitrogens with zero attached hydrogens (tertiary/aromatic N) is 1. The van der Waals surface area contributed by atoms with Gasteiger partial charge in [-0.25, -0.2) is 5.43 Å². The van der Waals surface area contributed by atoms with Crippen molar-refractivity contribution in [1.29, 1.82) is 0 Å². The van der Waals surface area contributed by atoms with Crippen molar-refractivity contribution < 1.29 is 27.8 Å². The van der Waals surface area contributed by atoms with Crippen molar-refractivity contribution in [3.8, 4) is 17.2 Å². The second-order valence-electron chi connectivity index (χ2n) is 5.10. The summed E-state index contributed by atoms with van der Waals surface area (Å²) >= 11 is 0. The van der Waals surface area contributed by atoms with Crippen molar-refractivity contribution in [1.82, 2.24) is 5.43 Å². The van der Waals surface area contributed by atoms with Crippen LogP contribution in [0.2, 0.25) is 0 Å². The summed E-state index contributed by atoms with van der Waals surface area (Å²) in [7, 11) is 1.55. The number of hydrogen-bond acceptors (Lipinski definition) is 5. The van der Waals surface area contributed by atoms with Crippen LogP contribution in [0.4, 0.5) is 8.78 Å². The van der Waals surface area contributed by atoms with Crippen LogP contribution >= 0.6 is 0 Å². The number of benzene rings is 2. The summed E-state index contributed by atoms with van der Waals surface area (Å²) in [6.45, 7) is -1.50. The van der Waals surface area contributed by atoms with Gasteiger partial charge in [0.2, 0.25) is 0 Å². The van der Waals surface area contributed by atoms with Crippen LogP contribution in [0.25, 0.3) is 0 Å². The van der Waals surface area contributed by atoms with E-state index >= 15 is 0 Å². The number of halogens is 2. The van der Waals surface area contributed by atoms with Crippen LogP contribution in [0.1, 0.15) is 12.5 Å².